The van der Waals surface area contributed by atoms with E-state index >= 15 is 0 Å². The fourth-order valence-electron chi connectivity index (χ4n) is 1.30. The third kappa shape index (κ3) is 2.51. The smallest absolute Gasteiger partial charge is 0.409 e. The first-order valence-corrected chi connectivity index (χ1v) is 5.05. The normalized spacial score (nSPS) is 10.1. The molecule has 2 rings (SSSR count). The number of ether oxygens (including phenoxy) is 1. The van der Waals surface area contributed by atoms with Crippen LogP contribution in [0.5, 0.6) is 5.75 Å². The Morgan fingerprint density at radius 1 is 1.33 bits per heavy atom. The predicted octanol–water partition coefficient (Wildman–Crippen LogP) is 2.15. The van der Waals surface area contributed by atoms with E-state index in [0.29, 0.717) is 5.69 Å². The first-order valence-electron chi connectivity index (χ1n) is 5.05. The molecule has 2 aromatic rings. The van der Waals surface area contributed by atoms with Crippen LogP contribution in [-0.2, 0) is 0 Å². The molecule has 0 aliphatic rings. The average Bonchev–Trinajstić information content (AvgIpc) is 2.76. The van der Waals surface area contributed by atoms with Crippen molar-refractivity contribution in [2.24, 2.45) is 0 Å². The predicted molar refractivity (Wildman–Crippen MR) is 61.5 cm³/mol. The molecule has 7 nitrogen and oxygen atoms in total. The molecule has 0 bridgehead atoms. The first kappa shape index (κ1) is 11.8. The molecule has 0 fully saturated rings. The maximum absolute atomic E-state index is 11.6. The number of rotatable bonds is 2. The molecule has 1 aromatic carbocycles. The molecule has 0 atom stereocenters. The summed E-state index contributed by atoms with van der Waals surface area (Å²) in [6.07, 6.45) is 0.806. The van der Waals surface area contributed by atoms with Gasteiger partial charge >= 0.3 is 6.09 Å². The van der Waals surface area contributed by atoms with Gasteiger partial charge in [0.2, 0.25) is 0 Å². The van der Waals surface area contributed by atoms with Crippen molar-refractivity contribution in [2.75, 3.05) is 0 Å². The average molecular weight is 247 g/mol. The van der Waals surface area contributed by atoms with Crippen molar-refractivity contribution in [3.05, 3.63) is 52.3 Å². The molecule has 0 unspecified atom stereocenters. The van der Waals surface area contributed by atoms with E-state index in [1.165, 1.54) is 30.5 Å². The summed E-state index contributed by atoms with van der Waals surface area (Å²) in [6.45, 7) is 1.75. The van der Waals surface area contributed by atoms with Gasteiger partial charge in [-0.15, -0.1) is 0 Å². The zero-order chi connectivity index (χ0) is 13.1. The molecule has 7 heteroatoms. The van der Waals surface area contributed by atoms with Crippen LogP contribution in [0.3, 0.4) is 0 Å². The van der Waals surface area contributed by atoms with Gasteiger partial charge < -0.3 is 4.74 Å². The first-order chi connectivity index (χ1) is 8.56. The summed E-state index contributed by atoms with van der Waals surface area (Å²) in [4.78, 5) is 21.5. The highest BCUT2D eigenvalue weighted by Gasteiger charge is 2.10. The number of nitro benzene ring substituents is 1. The lowest BCUT2D eigenvalue weighted by Gasteiger charge is -2.02. The van der Waals surface area contributed by atoms with Crippen LogP contribution < -0.4 is 4.74 Å². The van der Waals surface area contributed by atoms with Crippen molar-refractivity contribution >= 4 is 11.8 Å². The van der Waals surface area contributed by atoms with Gasteiger partial charge in [0.1, 0.15) is 5.75 Å². The molecular formula is C11H9N3O4. The van der Waals surface area contributed by atoms with E-state index < -0.39 is 11.0 Å². The number of benzene rings is 1. The molecule has 0 aliphatic carbocycles. The molecule has 0 aliphatic heterocycles. The number of hydrogen-bond donors (Lipinski definition) is 0. The number of non-ortho nitro benzene ring substituents is 1. The fraction of sp³-hybridized carbons (Fsp3) is 0.0909. The number of carbonyl (C=O) groups excluding carboxylic acids is 1. The van der Waals surface area contributed by atoms with E-state index in [-0.39, 0.29) is 11.4 Å². The summed E-state index contributed by atoms with van der Waals surface area (Å²) >= 11 is 0. The fourth-order valence-corrected chi connectivity index (χ4v) is 1.30. The van der Waals surface area contributed by atoms with Gasteiger partial charge in [0, 0.05) is 18.3 Å². The lowest BCUT2D eigenvalue weighted by atomic mass is 10.3. The number of aryl methyl sites for hydroxylation is 1. The maximum Gasteiger partial charge on any atom is 0.440 e. The summed E-state index contributed by atoms with van der Waals surface area (Å²) in [6, 6.07) is 6.89. The van der Waals surface area contributed by atoms with Crippen molar-refractivity contribution in [2.45, 2.75) is 6.92 Å². The van der Waals surface area contributed by atoms with Gasteiger partial charge in [-0.3, -0.25) is 10.1 Å². The third-order valence-electron chi connectivity index (χ3n) is 2.16. The Hall–Kier alpha value is -2.70. The third-order valence-corrected chi connectivity index (χ3v) is 2.16. The van der Waals surface area contributed by atoms with E-state index in [1.54, 1.807) is 13.0 Å². The van der Waals surface area contributed by atoms with Crippen molar-refractivity contribution in [3.63, 3.8) is 0 Å². The summed E-state index contributed by atoms with van der Waals surface area (Å²) in [7, 11) is 0. The molecule has 18 heavy (non-hydrogen) atoms. The molecule has 92 valence electrons. The number of aromatic nitrogens is 2. The Bertz CT molecular complexity index is 589. The summed E-state index contributed by atoms with van der Waals surface area (Å²) in [5, 5.41) is 14.3. The molecule has 1 aromatic heterocycles. The molecule has 0 saturated heterocycles. The summed E-state index contributed by atoms with van der Waals surface area (Å²) in [5.74, 6) is 0.221. The van der Waals surface area contributed by atoms with Crippen molar-refractivity contribution in [1.82, 2.24) is 9.78 Å². The van der Waals surface area contributed by atoms with Crippen LogP contribution in [0, 0.1) is 17.0 Å². The van der Waals surface area contributed by atoms with Gasteiger partial charge in [-0.05, 0) is 25.1 Å². The Labute approximate surface area is 102 Å². The van der Waals surface area contributed by atoms with E-state index in [0.717, 1.165) is 4.68 Å². The second-order valence-electron chi connectivity index (χ2n) is 3.52. The Morgan fingerprint density at radius 3 is 2.50 bits per heavy atom. The zero-order valence-corrected chi connectivity index (χ0v) is 9.44. The van der Waals surface area contributed by atoms with E-state index in [4.69, 9.17) is 4.74 Å². The van der Waals surface area contributed by atoms with Crippen LogP contribution in [0.25, 0.3) is 0 Å². The van der Waals surface area contributed by atoms with E-state index in [2.05, 4.69) is 5.10 Å². The maximum atomic E-state index is 11.6. The number of hydrogen-bond acceptors (Lipinski definition) is 5. The van der Waals surface area contributed by atoms with Crippen LogP contribution in [0.2, 0.25) is 0 Å². The summed E-state index contributed by atoms with van der Waals surface area (Å²) < 4.78 is 6.04. The van der Waals surface area contributed by atoms with Crippen molar-refractivity contribution < 1.29 is 14.5 Å². The van der Waals surface area contributed by atoms with Gasteiger partial charge in [0.15, 0.2) is 0 Å². The highest BCUT2D eigenvalue weighted by Crippen LogP contribution is 2.17. The molecule has 0 saturated carbocycles. The largest absolute Gasteiger partial charge is 0.440 e. The van der Waals surface area contributed by atoms with Gasteiger partial charge in [-0.25, -0.2) is 4.79 Å². The van der Waals surface area contributed by atoms with E-state index in [9.17, 15) is 14.9 Å². The molecular weight excluding hydrogens is 238 g/mol. The SMILES string of the molecule is Cc1ccn(C(=O)Oc2ccc([N+](=O)[O-])cc2)n1. The Balaban J connectivity index is 2.10. The monoisotopic (exact) mass is 247 g/mol. The lowest BCUT2D eigenvalue weighted by molar-refractivity contribution is -0.384. The number of nitrogens with zero attached hydrogens (tertiary/aromatic N) is 3. The highest BCUT2D eigenvalue weighted by atomic mass is 16.6. The molecule has 1 heterocycles. The van der Waals surface area contributed by atoms with Gasteiger partial charge in [-0.2, -0.15) is 9.78 Å². The Morgan fingerprint density at radius 2 is 2.00 bits per heavy atom. The molecule has 0 amide bonds. The van der Waals surface area contributed by atoms with Gasteiger partial charge in [0.05, 0.1) is 10.6 Å². The van der Waals surface area contributed by atoms with Gasteiger partial charge in [0.25, 0.3) is 5.69 Å². The molecule has 0 spiro atoms. The summed E-state index contributed by atoms with van der Waals surface area (Å²) in [5.41, 5.74) is 0.625. The van der Waals surface area contributed by atoms with Crippen LogP contribution >= 0.6 is 0 Å². The van der Waals surface area contributed by atoms with Crippen LogP contribution in [0.4, 0.5) is 10.5 Å². The van der Waals surface area contributed by atoms with E-state index in [1.807, 2.05) is 0 Å². The minimum atomic E-state index is -0.669. The highest BCUT2D eigenvalue weighted by molar-refractivity contribution is 5.72. The van der Waals surface area contributed by atoms with Gasteiger partial charge in [-0.1, -0.05) is 0 Å². The van der Waals surface area contributed by atoms with Crippen LogP contribution in [0.1, 0.15) is 5.69 Å². The minimum absolute atomic E-state index is 0.0651. The second-order valence-corrected chi connectivity index (χ2v) is 3.52. The Kier molecular flexibility index (Phi) is 3.05. The number of carbonyl (C=O) groups is 1. The minimum Gasteiger partial charge on any atom is -0.409 e. The van der Waals surface area contributed by atoms with Crippen molar-refractivity contribution in [1.29, 1.82) is 0 Å². The number of nitro groups is 1. The van der Waals surface area contributed by atoms with Crippen molar-refractivity contribution in [3.8, 4) is 5.75 Å². The van der Waals surface area contributed by atoms with Crippen LogP contribution in [-0.4, -0.2) is 20.8 Å². The quantitative estimate of drug-likeness (QED) is 0.599. The lowest BCUT2D eigenvalue weighted by Crippen LogP contribution is -2.17. The molecule has 0 N–H and O–H groups in total. The van der Waals surface area contributed by atoms with Crippen LogP contribution in [0.15, 0.2) is 36.5 Å². The molecule has 0 radical (unpaired) electrons. The topological polar surface area (TPSA) is 87.3 Å². The zero-order valence-electron chi connectivity index (χ0n) is 9.44. The standard InChI is InChI=1S/C11H9N3O4/c1-8-6-7-13(12-8)11(15)18-10-4-2-9(3-5-10)14(16)17/h2-7H,1H3. The second kappa shape index (κ2) is 4.66.